The molecule has 4 nitrogen and oxygen atoms in total. The smallest absolute Gasteiger partial charge is 0.319 e. The van der Waals surface area contributed by atoms with Crippen LogP contribution in [-0.2, 0) is 9.53 Å². The van der Waals surface area contributed by atoms with Crippen molar-refractivity contribution in [2.45, 2.75) is 6.92 Å². The quantitative estimate of drug-likeness (QED) is 0.689. The van der Waals surface area contributed by atoms with Crippen molar-refractivity contribution in [1.29, 1.82) is 0 Å². The number of methoxy groups -OCH3 is 1. The van der Waals surface area contributed by atoms with Gasteiger partial charge >= 0.3 is 5.97 Å². The fourth-order valence-corrected chi connectivity index (χ4v) is 1.66. The zero-order valence-electron chi connectivity index (χ0n) is 10.6. The molecule has 0 aliphatic carbocycles. The van der Waals surface area contributed by atoms with Crippen LogP contribution in [0.1, 0.15) is 11.1 Å². The van der Waals surface area contributed by atoms with Crippen molar-refractivity contribution < 1.29 is 9.53 Å². The lowest BCUT2D eigenvalue weighted by Gasteiger charge is -2.05. The number of nitrogens with two attached hydrogens (primary N) is 1. The standard InChI is InChI=1S/C10H10BrN.C3H7NO2/c1-4-8-7(2)5-6-9(11)10(8)12-3;1-6-3(5)2-4/h4-6H,1,3H2,2H3;2,4H2,1H3. The first kappa shape index (κ1) is 16.5. The van der Waals surface area contributed by atoms with Crippen LogP contribution in [0.3, 0.4) is 0 Å². The van der Waals surface area contributed by atoms with Gasteiger partial charge < -0.3 is 10.5 Å². The highest BCUT2D eigenvalue weighted by atomic mass is 79.9. The Morgan fingerprint density at radius 1 is 1.61 bits per heavy atom. The molecule has 0 amide bonds. The minimum atomic E-state index is -0.380. The molecule has 0 radical (unpaired) electrons. The Labute approximate surface area is 116 Å². The van der Waals surface area contributed by atoms with Gasteiger partial charge in [0.05, 0.1) is 19.3 Å². The fourth-order valence-electron chi connectivity index (χ4n) is 1.18. The van der Waals surface area contributed by atoms with Crippen molar-refractivity contribution in [2.75, 3.05) is 13.7 Å². The first-order valence-electron chi connectivity index (χ1n) is 5.16. The SMILES string of the molecule is C=Cc1c(C)ccc(Br)c1N=C.COC(=O)CN. The average molecular weight is 313 g/mol. The molecule has 2 N–H and O–H groups in total. The van der Waals surface area contributed by atoms with Crippen LogP contribution in [0.4, 0.5) is 5.69 Å². The highest BCUT2D eigenvalue weighted by Crippen LogP contribution is 2.31. The zero-order valence-corrected chi connectivity index (χ0v) is 12.2. The summed E-state index contributed by atoms with van der Waals surface area (Å²) in [6.07, 6.45) is 1.80. The number of esters is 1. The molecule has 1 aromatic carbocycles. The summed E-state index contributed by atoms with van der Waals surface area (Å²) < 4.78 is 5.09. The molecule has 0 saturated heterocycles. The molecule has 0 bridgehead atoms. The van der Waals surface area contributed by atoms with Gasteiger partial charge in [0.25, 0.3) is 0 Å². The molecule has 0 aliphatic rings. The Morgan fingerprint density at radius 3 is 2.50 bits per heavy atom. The predicted octanol–water partition coefficient (Wildman–Crippen LogP) is 2.85. The number of hydrogen-bond donors (Lipinski definition) is 1. The number of carbonyl (C=O) groups excluding carboxylic acids is 1. The second kappa shape index (κ2) is 8.60. The Kier molecular flexibility index (Phi) is 7.91. The maximum Gasteiger partial charge on any atom is 0.319 e. The predicted molar refractivity (Wildman–Crippen MR) is 79.2 cm³/mol. The topological polar surface area (TPSA) is 64.7 Å². The summed E-state index contributed by atoms with van der Waals surface area (Å²) in [5.74, 6) is -0.380. The van der Waals surface area contributed by atoms with Gasteiger partial charge in [-0.25, -0.2) is 0 Å². The van der Waals surface area contributed by atoms with E-state index < -0.39 is 0 Å². The van der Waals surface area contributed by atoms with Crippen LogP contribution < -0.4 is 5.73 Å². The summed E-state index contributed by atoms with van der Waals surface area (Å²) in [7, 11) is 1.30. The van der Waals surface area contributed by atoms with E-state index in [0.29, 0.717) is 0 Å². The molecular formula is C13H17BrN2O2. The molecular weight excluding hydrogens is 296 g/mol. The molecule has 1 rings (SSSR count). The van der Waals surface area contributed by atoms with Crippen molar-refractivity contribution in [3.8, 4) is 0 Å². The number of benzene rings is 1. The van der Waals surface area contributed by atoms with Crippen LogP contribution in [0.5, 0.6) is 0 Å². The zero-order chi connectivity index (χ0) is 14.1. The Hall–Kier alpha value is -1.46. The number of ether oxygens (including phenoxy) is 1. The lowest BCUT2D eigenvalue weighted by atomic mass is 10.1. The lowest BCUT2D eigenvalue weighted by molar-refractivity contribution is -0.138. The molecule has 0 aromatic heterocycles. The molecule has 98 valence electrons. The van der Waals surface area contributed by atoms with Gasteiger partial charge in [0.2, 0.25) is 0 Å². The van der Waals surface area contributed by atoms with Gasteiger partial charge in [-0.05, 0) is 41.2 Å². The summed E-state index contributed by atoms with van der Waals surface area (Å²) in [5, 5.41) is 0. The summed E-state index contributed by atoms with van der Waals surface area (Å²) in [6.45, 7) is 9.24. The number of aryl methyl sites for hydroxylation is 1. The van der Waals surface area contributed by atoms with Crippen molar-refractivity contribution in [3.63, 3.8) is 0 Å². The summed E-state index contributed by atoms with van der Waals surface area (Å²) in [4.78, 5) is 13.8. The first-order valence-corrected chi connectivity index (χ1v) is 5.96. The highest BCUT2D eigenvalue weighted by Gasteiger charge is 2.04. The van der Waals surface area contributed by atoms with Gasteiger partial charge in [-0.3, -0.25) is 9.79 Å². The van der Waals surface area contributed by atoms with Crippen molar-refractivity contribution in [1.82, 2.24) is 0 Å². The minimum absolute atomic E-state index is 0.0312. The normalized spacial score (nSPS) is 8.89. The van der Waals surface area contributed by atoms with Gasteiger partial charge in [-0.2, -0.15) is 0 Å². The van der Waals surface area contributed by atoms with Crippen LogP contribution in [0.25, 0.3) is 6.08 Å². The number of halogens is 1. The molecule has 18 heavy (non-hydrogen) atoms. The Balaban J connectivity index is 0.000000411. The Bertz CT molecular complexity index is 406. The third-order valence-electron chi connectivity index (χ3n) is 2.14. The van der Waals surface area contributed by atoms with Gasteiger partial charge in [0.1, 0.15) is 0 Å². The molecule has 1 aromatic rings. The molecule has 0 spiro atoms. The van der Waals surface area contributed by atoms with E-state index in [1.807, 2.05) is 19.1 Å². The monoisotopic (exact) mass is 312 g/mol. The number of aliphatic imine (C=N–C) groups is 1. The molecule has 0 aliphatic heterocycles. The van der Waals surface area contributed by atoms with E-state index in [-0.39, 0.29) is 12.5 Å². The van der Waals surface area contributed by atoms with E-state index in [1.165, 1.54) is 7.11 Å². The Morgan fingerprint density at radius 2 is 2.22 bits per heavy atom. The third-order valence-corrected chi connectivity index (χ3v) is 2.78. The molecule has 0 unspecified atom stereocenters. The van der Waals surface area contributed by atoms with Gasteiger partial charge in [0.15, 0.2) is 0 Å². The van der Waals surface area contributed by atoms with Crippen LogP contribution in [-0.4, -0.2) is 26.3 Å². The van der Waals surface area contributed by atoms with E-state index in [2.05, 4.69) is 39.0 Å². The maximum absolute atomic E-state index is 9.83. The van der Waals surface area contributed by atoms with Crippen molar-refractivity contribution >= 4 is 40.4 Å². The molecule has 0 atom stereocenters. The molecule has 0 heterocycles. The summed E-state index contributed by atoms with van der Waals surface area (Å²) in [5.41, 5.74) is 7.88. The first-order chi connectivity index (χ1) is 8.51. The highest BCUT2D eigenvalue weighted by molar-refractivity contribution is 9.10. The van der Waals surface area contributed by atoms with Crippen LogP contribution in [0, 0.1) is 6.92 Å². The van der Waals surface area contributed by atoms with Gasteiger partial charge in [-0.1, -0.05) is 18.7 Å². The lowest BCUT2D eigenvalue weighted by Crippen LogP contribution is -2.14. The van der Waals surface area contributed by atoms with Crippen LogP contribution >= 0.6 is 15.9 Å². The maximum atomic E-state index is 9.83. The third kappa shape index (κ3) is 4.81. The number of nitrogens with zero attached hydrogens (tertiary/aromatic N) is 1. The number of carbonyl (C=O) groups is 1. The molecule has 0 saturated carbocycles. The second-order valence-corrected chi connectivity index (χ2v) is 4.12. The average Bonchev–Trinajstić information content (AvgIpc) is 2.40. The summed E-state index contributed by atoms with van der Waals surface area (Å²) in [6, 6.07) is 3.99. The van der Waals surface area contributed by atoms with Gasteiger partial charge in [-0.15, -0.1) is 0 Å². The minimum Gasteiger partial charge on any atom is -0.468 e. The second-order valence-electron chi connectivity index (χ2n) is 3.27. The number of rotatable bonds is 3. The largest absolute Gasteiger partial charge is 0.468 e. The van der Waals surface area contributed by atoms with E-state index in [1.54, 1.807) is 6.08 Å². The van der Waals surface area contributed by atoms with E-state index in [0.717, 1.165) is 21.3 Å². The molecule has 0 fully saturated rings. The van der Waals surface area contributed by atoms with Crippen LogP contribution in [0.15, 0.2) is 28.2 Å². The van der Waals surface area contributed by atoms with E-state index in [9.17, 15) is 4.79 Å². The number of hydrogen-bond acceptors (Lipinski definition) is 4. The van der Waals surface area contributed by atoms with E-state index in [4.69, 9.17) is 5.73 Å². The molecule has 5 heteroatoms. The van der Waals surface area contributed by atoms with Crippen molar-refractivity contribution in [3.05, 3.63) is 34.3 Å². The summed E-state index contributed by atoms with van der Waals surface area (Å²) >= 11 is 3.40. The van der Waals surface area contributed by atoms with Crippen molar-refractivity contribution in [2.24, 2.45) is 10.7 Å². The van der Waals surface area contributed by atoms with Crippen LogP contribution in [0.2, 0.25) is 0 Å². The van der Waals surface area contributed by atoms with Gasteiger partial charge in [0, 0.05) is 10.0 Å². The fraction of sp³-hybridized carbons (Fsp3) is 0.231. The van der Waals surface area contributed by atoms with E-state index >= 15 is 0 Å².